The Balaban J connectivity index is 1.95. The highest BCUT2D eigenvalue weighted by atomic mass is 32.2. The molecule has 0 saturated carbocycles. The predicted octanol–water partition coefficient (Wildman–Crippen LogP) is 3.68. The molecule has 1 aliphatic rings. The van der Waals surface area contributed by atoms with Crippen molar-refractivity contribution in [2.24, 2.45) is 0 Å². The molecular weight excluding hydrogens is 350 g/mol. The Morgan fingerprint density at radius 2 is 1.65 bits per heavy atom. The van der Waals surface area contributed by atoms with Gasteiger partial charge < -0.3 is 9.47 Å². The first-order valence-electron chi connectivity index (χ1n) is 8.70. The molecule has 2 aromatic rings. The number of sulfonamides is 1. The highest BCUT2D eigenvalue weighted by molar-refractivity contribution is 7.89. The van der Waals surface area contributed by atoms with Gasteiger partial charge in [-0.2, -0.15) is 0 Å². The van der Waals surface area contributed by atoms with Crippen LogP contribution in [0, 0.1) is 13.8 Å². The second kappa shape index (κ2) is 7.29. The van der Waals surface area contributed by atoms with Crippen LogP contribution in [0.5, 0.6) is 11.5 Å². The van der Waals surface area contributed by atoms with Crippen LogP contribution >= 0.6 is 0 Å². The number of aryl methyl sites for hydroxylation is 3. The fourth-order valence-corrected chi connectivity index (χ4v) is 5.44. The zero-order chi connectivity index (χ0) is 18.9. The molecule has 1 aliphatic carbocycles. The minimum absolute atomic E-state index is 0.226. The topological polar surface area (TPSA) is 64.6 Å². The highest BCUT2D eigenvalue weighted by Gasteiger charge is 2.28. The van der Waals surface area contributed by atoms with Crippen LogP contribution in [-0.4, -0.2) is 22.6 Å². The molecule has 0 unspecified atom stereocenters. The van der Waals surface area contributed by atoms with Gasteiger partial charge >= 0.3 is 0 Å². The third kappa shape index (κ3) is 3.57. The smallest absolute Gasteiger partial charge is 0.241 e. The minimum Gasteiger partial charge on any atom is -0.497 e. The molecule has 0 aromatic heterocycles. The third-order valence-corrected chi connectivity index (χ3v) is 6.68. The molecular formula is C20H25NO4S. The van der Waals surface area contributed by atoms with Gasteiger partial charge in [-0.25, -0.2) is 13.1 Å². The minimum atomic E-state index is -3.64. The molecule has 0 bridgehead atoms. The Labute approximate surface area is 155 Å². The van der Waals surface area contributed by atoms with Crippen molar-refractivity contribution in [1.29, 1.82) is 0 Å². The van der Waals surface area contributed by atoms with Crippen molar-refractivity contribution in [1.82, 2.24) is 4.72 Å². The summed E-state index contributed by atoms with van der Waals surface area (Å²) in [7, 11) is -0.425. The van der Waals surface area contributed by atoms with E-state index >= 15 is 0 Å². The summed E-state index contributed by atoms with van der Waals surface area (Å²) < 4.78 is 39.6. The summed E-state index contributed by atoms with van der Waals surface area (Å²) in [5.74, 6) is 1.46. The summed E-state index contributed by atoms with van der Waals surface area (Å²) in [4.78, 5) is 0.332. The quantitative estimate of drug-likeness (QED) is 0.866. The molecule has 0 heterocycles. The second-order valence-corrected chi connectivity index (χ2v) is 8.37. The van der Waals surface area contributed by atoms with Crippen LogP contribution in [0.1, 0.15) is 41.1 Å². The van der Waals surface area contributed by atoms with Gasteiger partial charge in [0.15, 0.2) is 0 Å². The molecule has 0 spiro atoms. The van der Waals surface area contributed by atoms with Crippen LogP contribution in [0.4, 0.5) is 0 Å². The average Bonchev–Trinajstić information content (AvgIpc) is 2.60. The lowest BCUT2D eigenvalue weighted by Gasteiger charge is -2.27. The number of benzene rings is 2. The molecule has 0 fully saturated rings. The largest absolute Gasteiger partial charge is 0.497 e. The van der Waals surface area contributed by atoms with Crippen LogP contribution in [0.3, 0.4) is 0 Å². The van der Waals surface area contributed by atoms with Crippen LogP contribution in [0.2, 0.25) is 0 Å². The summed E-state index contributed by atoms with van der Waals surface area (Å²) in [6.45, 7) is 3.59. The molecule has 26 heavy (non-hydrogen) atoms. The first-order chi connectivity index (χ1) is 12.4. The third-order valence-electron chi connectivity index (χ3n) is 4.90. The van der Waals surface area contributed by atoms with Gasteiger partial charge in [0.25, 0.3) is 0 Å². The average molecular weight is 375 g/mol. The molecule has 0 saturated heterocycles. The SMILES string of the molecule is COc1cc(C)c(S(=O)(=O)N[C@H]2CCCc3cc(OC)ccc32)c(C)c1. The molecule has 6 heteroatoms. The lowest BCUT2D eigenvalue weighted by atomic mass is 9.88. The van der Waals surface area contributed by atoms with E-state index in [1.54, 1.807) is 40.2 Å². The summed E-state index contributed by atoms with van der Waals surface area (Å²) in [6, 6.07) is 9.13. The van der Waals surface area contributed by atoms with Gasteiger partial charge in [-0.05, 0) is 79.6 Å². The molecule has 0 radical (unpaired) electrons. The van der Waals surface area contributed by atoms with Gasteiger partial charge in [-0.1, -0.05) is 6.07 Å². The van der Waals surface area contributed by atoms with E-state index in [1.807, 2.05) is 18.2 Å². The number of hydrogen-bond acceptors (Lipinski definition) is 4. The fourth-order valence-electron chi connectivity index (χ4n) is 3.74. The van der Waals surface area contributed by atoms with Gasteiger partial charge in [0.05, 0.1) is 19.1 Å². The Kier molecular flexibility index (Phi) is 5.25. The normalized spacial score (nSPS) is 16.8. The Bertz CT molecular complexity index is 898. The van der Waals surface area contributed by atoms with E-state index in [1.165, 1.54) is 0 Å². The van der Waals surface area contributed by atoms with E-state index < -0.39 is 10.0 Å². The predicted molar refractivity (Wildman–Crippen MR) is 101 cm³/mol. The first kappa shape index (κ1) is 18.7. The van der Waals surface area contributed by atoms with Crippen LogP contribution in [0.15, 0.2) is 35.2 Å². The van der Waals surface area contributed by atoms with E-state index in [2.05, 4.69) is 4.72 Å². The van der Waals surface area contributed by atoms with Crippen LogP contribution < -0.4 is 14.2 Å². The monoisotopic (exact) mass is 375 g/mol. The zero-order valence-electron chi connectivity index (χ0n) is 15.6. The molecule has 3 rings (SSSR count). The molecule has 0 amide bonds. The van der Waals surface area contributed by atoms with Gasteiger partial charge in [-0.15, -0.1) is 0 Å². The summed E-state index contributed by atoms with van der Waals surface area (Å²) >= 11 is 0. The fraction of sp³-hybridized carbons (Fsp3) is 0.400. The number of methoxy groups -OCH3 is 2. The molecule has 5 nitrogen and oxygen atoms in total. The number of rotatable bonds is 5. The van der Waals surface area contributed by atoms with E-state index in [0.717, 1.165) is 36.1 Å². The van der Waals surface area contributed by atoms with Crippen molar-refractivity contribution < 1.29 is 17.9 Å². The number of hydrogen-bond donors (Lipinski definition) is 1. The molecule has 1 N–H and O–H groups in total. The molecule has 0 aliphatic heterocycles. The molecule has 140 valence electrons. The zero-order valence-corrected chi connectivity index (χ0v) is 16.4. The maximum absolute atomic E-state index is 13.1. The number of fused-ring (bicyclic) bond motifs is 1. The van der Waals surface area contributed by atoms with Gasteiger partial charge in [0, 0.05) is 6.04 Å². The Morgan fingerprint density at radius 1 is 1.00 bits per heavy atom. The maximum atomic E-state index is 13.1. The van der Waals surface area contributed by atoms with E-state index in [-0.39, 0.29) is 6.04 Å². The molecule has 1 atom stereocenters. The van der Waals surface area contributed by atoms with Crippen molar-refractivity contribution in [2.75, 3.05) is 14.2 Å². The van der Waals surface area contributed by atoms with Crippen LogP contribution in [-0.2, 0) is 16.4 Å². The van der Waals surface area contributed by atoms with Crippen molar-refractivity contribution >= 4 is 10.0 Å². The Hall–Kier alpha value is -2.05. The highest BCUT2D eigenvalue weighted by Crippen LogP contribution is 2.34. The summed E-state index contributed by atoms with van der Waals surface area (Å²) in [6.07, 6.45) is 2.66. The standard InChI is InChI=1S/C20H25NO4S/c1-13-10-17(25-4)11-14(2)20(13)26(22,23)21-19-7-5-6-15-12-16(24-3)8-9-18(15)19/h8-12,19,21H,5-7H2,1-4H3/t19-/m0/s1. The summed E-state index contributed by atoms with van der Waals surface area (Å²) in [5, 5.41) is 0. The Morgan fingerprint density at radius 3 is 2.27 bits per heavy atom. The summed E-state index contributed by atoms with van der Waals surface area (Å²) in [5.41, 5.74) is 3.54. The number of ether oxygens (including phenoxy) is 2. The van der Waals surface area contributed by atoms with Gasteiger partial charge in [0.2, 0.25) is 10.0 Å². The number of nitrogens with one attached hydrogen (secondary N) is 1. The van der Waals surface area contributed by atoms with Gasteiger partial charge in [-0.3, -0.25) is 0 Å². The first-order valence-corrected chi connectivity index (χ1v) is 10.2. The lowest BCUT2D eigenvalue weighted by Crippen LogP contribution is -2.32. The van der Waals surface area contributed by atoms with E-state index in [0.29, 0.717) is 21.8 Å². The van der Waals surface area contributed by atoms with E-state index in [9.17, 15) is 8.42 Å². The maximum Gasteiger partial charge on any atom is 0.241 e. The van der Waals surface area contributed by atoms with Crippen molar-refractivity contribution in [3.63, 3.8) is 0 Å². The van der Waals surface area contributed by atoms with Gasteiger partial charge in [0.1, 0.15) is 11.5 Å². The van der Waals surface area contributed by atoms with Crippen molar-refractivity contribution in [2.45, 2.75) is 44.0 Å². The molecule has 2 aromatic carbocycles. The van der Waals surface area contributed by atoms with Crippen molar-refractivity contribution in [3.05, 3.63) is 52.6 Å². The lowest BCUT2D eigenvalue weighted by molar-refractivity contribution is 0.412. The van der Waals surface area contributed by atoms with Crippen LogP contribution in [0.25, 0.3) is 0 Å². The second-order valence-electron chi connectivity index (χ2n) is 6.72. The van der Waals surface area contributed by atoms with Crippen molar-refractivity contribution in [3.8, 4) is 11.5 Å². The van der Waals surface area contributed by atoms with E-state index in [4.69, 9.17) is 9.47 Å².